The van der Waals surface area contributed by atoms with E-state index in [1.165, 1.54) is 11.3 Å². The Hall–Kier alpha value is -2.57. The molecular formula is C26H37N5O. The number of ether oxygens (including phenoxy) is 1. The van der Waals surface area contributed by atoms with Gasteiger partial charge in [-0.1, -0.05) is 48.5 Å². The van der Waals surface area contributed by atoms with Gasteiger partial charge in [-0.2, -0.15) is 0 Å². The molecule has 0 saturated carbocycles. The molecule has 0 amide bonds. The molecule has 0 aliphatic carbocycles. The van der Waals surface area contributed by atoms with Gasteiger partial charge in [-0.15, -0.1) is 0 Å². The number of guanidine groups is 1. The van der Waals surface area contributed by atoms with Gasteiger partial charge < -0.3 is 25.6 Å². The van der Waals surface area contributed by atoms with Gasteiger partial charge in [0.15, 0.2) is 5.96 Å². The van der Waals surface area contributed by atoms with E-state index in [1.807, 2.05) is 7.05 Å². The highest BCUT2D eigenvalue weighted by atomic mass is 16.5. The second-order valence-corrected chi connectivity index (χ2v) is 9.01. The third-order valence-electron chi connectivity index (χ3n) is 6.74. The van der Waals surface area contributed by atoms with Crippen LogP contribution in [0.5, 0.6) is 0 Å². The maximum atomic E-state index is 5.69. The second-order valence-electron chi connectivity index (χ2n) is 9.01. The molecule has 0 bridgehead atoms. The lowest BCUT2D eigenvalue weighted by molar-refractivity contribution is 0.0354. The quantitative estimate of drug-likeness (QED) is 0.460. The zero-order chi connectivity index (χ0) is 22.2. The topological polar surface area (TPSA) is 60.9 Å². The van der Waals surface area contributed by atoms with Crippen LogP contribution in [0.4, 0.5) is 5.69 Å². The molecule has 2 aromatic rings. The minimum absolute atomic E-state index is 0.0170. The van der Waals surface area contributed by atoms with Gasteiger partial charge in [0.25, 0.3) is 0 Å². The van der Waals surface area contributed by atoms with Gasteiger partial charge in [0.2, 0.25) is 0 Å². The highest BCUT2D eigenvalue weighted by Crippen LogP contribution is 2.25. The van der Waals surface area contributed by atoms with Crippen molar-refractivity contribution in [3.8, 4) is 0 Å². The van der Waals surface area contributed by atoms with Crippen LogP contribution in [-0.2, 0) is 4.74 Å². The maximum Gasteiger partial charge on any atom is 0.191 e. The van der Waals surface area contributed by atoms with Gasteiger partial charge in [-0.05, 0) is 43.9 Å². The van der Waals surface area contributed by atoms with Crippen molar-refractivity contribution in [2.24, 2.45) is 4.99 Å². The predicted octanol–water partition coefficient (Wildman–Crippen LogP) is 3.33. The van der Waals surface area contributed by atoms with Gasteiger partial charge >= 0.3 is 0 Å². The maximum absolute atomic E-state index is 5.69. The number of benzene rings is 2. The molecule has 6 nitrogen and oxygen atoms in total. The normalized spacial score (nSPS) is 21.9. The van der Waals surface area contributed by atoms with Crippen molar-refractivity contribution in [2.45, 2.75) is 43.8 Å². The van der Waals surface area contributed by atoms with E-state index < -0.39 is 0 Å². The van der Waals surface area contributed by atoms with E-state index in [2.05, 4.69) is 93.4 Å². The van der Waals surface area contributed by atoms with Gasteiger partial charge in [0, 0.05) is 63.2 Å². The van der Waals surface area contributed by atoms with Gasteiger partial charge in [0.1, 0.15) is 0 Å². The molecule has 6 heteroatoms. The third kappa shape index (κ3) is 5.81. The fraction of sp³-hybridized carbons (Fsp3) is 0.500. The summed E-state index contributed by atoms with van der Waals surface area (Å²) in [5.74, 6) is 0.880. The van der Waals surface area contributed by atoms with Crippen molar-refractivity contribution < 1.29 is 4.74 Å². The van der Waals surface area contributed by atoms with Crippen LogP contribution >= 0.6 is 0 Å². The zero-order valence-electron chi connectivity index (χ0n) is 19.4. The van der Waals surface area contributed by atoms with E-state index >= 15 is 0 Å². The summed E-state index contributed by atoms with van der Waals surface area (Å²) in [6, 6.07) is 22.0. The fourth-order valence-electron chi connectivity index (χ4n) is 4.81. The first-order chi connectivity index (χ1) is 15.7. The van der Waals surface area contributed by atoms with Crippen LogP contribution < -0.4 is 20.9 Å². The van der Waals surface area contributed by atoms with E-state index in [1.54, 1.807) is 0 Å². The Labute approximate surface area is 192 Å². The van der Waals surface area contributed by atoms with Gasteiger partial charge in [-0.3, -0.25) is 4.99 Å². The number of nitrogens with one attached hydrogen (secondary N) is 3. The molecule has 172 valence electrons. The number of hydrogen-bond acceptors (Lipinski definition) is 4. The fourth-order valence-corrected chi connectivity index (χ4v) is 4.81. The summed E-state index contributed by atoms with van der Waals surface area (Å²) in [6.45, 7) is 6.70. The highest BCUT2D eigenvalue weighted by Gasteiger charge is 2.34. The first kappa shape index (κ1) is 22.6. The Bertz CT molecular complexity index is 851. The number of rotatable bonds is 7. The summed E-state index contributed by atoms with van der Waals surface area (Å²) in [4.78, 5) is 6.96. The summed E-state index contributed by atoms with van der Waals surface area (Å²) < 4.78 is 5.69. The lowest BCUT2D eigenvalue weighted by Crippen LogP contribution is -2.59. The monoisotopic (exact) mass is 435 g/mol. The lowest BCUT2D eigenvalue weighted by Gasteiger charge is -2.41. The molecule has 0 aromatic heterocycles. The molecule has 2 unspecified atom stereocenters. The standard InChI is InChI=1S/C26H37N5O/c1-21(22-9-5-3-6-10-22)30-26(14-17-32-18-15-26)20-28-25(27-2)29-23-13-16-31(19-23)24-11-7-4-8-12-24/h3-12,21,23,30H,13-20H2,1-2H3,(H2,27,28,29). The summed E-state index contributed by atoms with van der Waals surface area (Å²) in [5.41, 5.74) is 2.59. The number of hydrogen-bond donors (Lipinski definition) is 3. The molecule has 32 heavy (non-hydrogen) atoms. The SMILES string of the molecule is CN=C(NCC1(NC(C)c2ccccc2)CCOCC1)NC1CCN(c2ccccc2)C1. The van der Waals surface area contributed by atoms with E-state index in [-0.39, 0.29) is 11.6 Å². The minimum atomic E-state index is -0.0170. The van der Waals surface area contributed by atoms with E-state index in [4.69, 9.17) is 4.74 Å². The smallest absolute Gasteiger partial charge is 0.191 e. The number of nitrogens with zero attached hydrogens (tertiary/aromatic N) is 2. The first-order valence-electron chi connectivity index (χ1n) is 11.8. The number of para-hydroxylation sites is 1. The summed E-state index contributed by atoms with van der Waals surface area (Å²) in [6.07, 6.45) is 3.08. The highest BCUT2D eigenvalue weighted by molar-refractivity contribution is 5.80. The summed E-state index contributed by atoms with van der Waals surface area (Å²) in [5, 5.41) is 11.2. The molecule has 2 atom stereocenters. The van der Waals surface area contributed by atoms with E-state index in [0.717, 1.165) is 58.1 Å². The molecule has 2 aliphatic rings. The largest absolute Gasteiger partial charge is 0.381 e. The molecule has 4 rings (SSSR count). The Kier molecular flexibility index (Phi) is 7.66. The number of anilines is 1. The average Bonchev–Trinajstić information content (AvgIpc) is 3.32. The van der Waals surface area contributed by atoms with Crippen molar-refractivity contribution in [3.05, 3.63) is 66.2 Å². The lowest BCUT2D eigenvalue weighted by atomic mass is 9.88. The molecule has 2 heterocycles. The van der Waals surface area contributed by atoms with Crippen LogP contribution in [0.2, 0.25) is 0 Å². The van der Waals surface area contributed by atoms with Crippen LogP contribution in [0, 0.1) is 0 Å². The zero-order valence-corrected chi connectivity index (χ0v) is 19.4. The van der Waals surface area contributed by atoms with Crippen LogP contribution in [0.1, 0.15) is 37.8 Å². The molecule has 2 aromatic carbocycles. The van der Waals surface area contributed by atoms with Gasteiger partial charge in [0.05, 0.1) is 0 Å². The summed E-state index contributed by atoms with van der Waals surface area (Å²) >= 11 is 0. The Morgan fingerprint density at radius 2 is 1.78 bits per heavy atom. The predicted molar refractivity (Wildman–Crippen MR) is 132 cm³/mol. The van der Waals surface area contributed by atoms with Crippen molar-refractivity contribution in [1.82, 2.24) is 16.0 Å². The number of aliphatic imine (C=N–C) groups is 1. The first-order valence-corrected chi connectivity index (χ1v) is 11.8. The Balaban J connectivity index is 1.33. The average molecular weight is 436 g/mol. The van der Waals surface area contributed by atoms with Crippen molar-refractivity contribution >= 4 is 11.6 Å². The van der Waals surface area contributed by atoms with Crippen molar-refractivity contribution in [1.29, 1.82) is 0 Å². The Morgan fingerprint density at radius 1 is 1.09 bits per heavy atom. The molecule has 0 radical (unpaired) electrons. The van der Waals surface area contributed by atoms with Gasteiger partial charge in [-0.25, -0.2) is 0 Å². The van der Waals surface area contributed by atoms with Crippen molar-refractivity contribution in [3.63, 3.8) is 0 Å². The molecule has 2 aliphatic heterocycles. The summed E-state index contributed by atoms with van der Waals surface area (Å²) in [7, 11) is 1.86. The van der Waals surface area contributed by atoms with Crippen LogP contribution in [0.25, 0.3) is 0 Å². The molecule has 3 N–H and O–H groups in total. The molecular weight excluding hydrogens is 398 g/mol. The third-order valence-corrected chi connectivity index (χ3v) is 6.74. The molecule has 2 fully saturated rings. The molecule has 2 saturated heterocycles. The van der Waals surface area contributed by atoms with E-state index in [9.17, 15) is 0 Å². The van der Waals surface area contributed by atoms with E-state index in [0.29, 0.717) is 6.04 Å². The molecule has 0 spiro atoms. The van der Waals surface area contributed by atoms with Crippen molar-refractivity contribution in [2.75, 3.05) is 44.8 Å². The second kappa shape index (κ2) is 10.8. The Morgan fingerprint density at radius 3 is 2.47 bits per heavy atom. The minimum Gasteiger partial charge on any atom is -0.381 e. The van der Waals surface area contributed by atoms with Crippen LogP contribution in [0.3, 0.4) is 0 Å². The van der Waals surface area contributed by atoms with Crippen LogP contribution in [0.15, 0.2) is 65.7 Å². The van der Waals surface area contributed by atoms with Crippen LogP contribution in [-0.4, -0.2) is 57.4 Å².